The molecule has 1 N–H and O–H groups in total. The van der Waals surface area contributed by atoms with Gasteiger partial charge in [0.25, 0.3) is 0 Å². The molecular formula is C17H22N2O. The van der Waals surface area contributed by atoms with Crippen molar-refractivity contribution in [2.75, 3.05) is 13.1 Å². The molecule has 1 aliphatic rings. The Morgan fingerprint density at radius 1 is 1.40 bits per heavy atom. The average Bonchev–Trinajstić information content (AvgIpc) is 3.06. The molecule has 1 aromatic carbocycles. The molecule has 3 nitrogen and oxygen atoms in total. The van der Waals surface area contributed by atoms with Gasteiger partial charge < -0.3 is 9.88 Å². The molecule has 1 atom stereocenters. The number of amides is 1. The zero-order chi connectivity index (χ0) is 14.1. The number of carbonyl (C=O) groups is 1. The third kappa shape index (κ3) is 2.45. The van der Waals surface area contributed by atoms with E-state index in [9.17, 15) is 4.79 Å². The molecule has 0 bridgehead atoms. The first-order valence-corrected chi connectivity index (χ1v) is 7.48. The maximum Gasteiger partial charge on any atom is 0.227 e. The molecule has 2 heterocycles. The Kier molecular flexibility index (Phi) is 3.51. The topological polar surface area (TPSA) is 36.1 Å². The summed E-state index contributed by atoms with van der Waals surface area (Å²) in [5, 5.41) is 1.17. The van der Waals surface area contributed by atoms with Crippen molar-refractivity contribution in [2.45, 2.75) is 26.7 Å². The molecule has 106 valence electrons. The van der Waals surface area contributed by atoms with Crippen LogP contribution in [0.15, 0.2) is 30.5 Å². The summed E-state index contributed by atoms with van der Waals surface area (Å²) >= 11 is 0. The van der Waals surface area contributed by atoms with Crippen LogP contribution in [0.4, 0.5) is 0 Å². The van der Waals surface area contributed by atoms with Gasteiger partial charge in [0.05, 0.1) is 6.42 Å². The van der Waals surface area contributed by atoms with E-state index in [1.165, 1.54) is 5.39 Å². The van der Waals surface area contributed by atoms with Crippen LogP contribution in [0, 0.1) is 11.8 Å². The van der Waals surface area contributed by atoms with Gasteiger partial charge in [0.2, 0.25) is 5.91 Å². The van der Waals surface area contributed by atoms with Crippen LogP contribution in [0.5, 0.6) is 0 Å². The Hall–Kier alpha value is -1.77. The number of hydrogen-bond donors (Lipinski definition) is 1. The van der Waals surface area contributed by atoms with Crippen molar-refractivity contribution >= 4 is 16.8 Å². The first-order valence-electron chi connectivity index (χ1n) is 7.48. The number of aromatic amines is 1. The maximum atomic E-state index is 12.4. The lowest BCUT2D eigenvalue weighted by molar-refractivity contribution is -0.129. The molecule has 1 aromatic heterocycles. The van der Waals surface area contributed by atoms with Crippen LogP contribution in [0.25, 0.3) is 10.9 Å². The molecule has 3 rings (SSSR count). The van der Waals surface area contributed by atoms with Crippen molar-refractivity contribution in [3.05, 3.63) is 36.0 Å². The van der Waals surface area contributed by atoms with E-state index >= 15 is 0 Å². The fraction of sp³-hybridized carbons (Fsp3) is 0.471. The van der Waals surface area contributed by atoms with E-state index in [4.69, 9.17) is 0 Å². The summed E-state index contributed by atoms with van der Waals surface area (Å²) in [7, 11) is 0. The Balaban J connectivity index is 1.70. The number of para-hydroxylation sites is 1. The molecule has 3 heteroatoms. The number of carbonyl (C=O) groups excluding carboxylic acids is 1. The maximum absolute atomic E-state index is 12.4. The average molecular weight is 270 g/mol. The highest BCUT2D eigenvalue weighted by Gasteiger charge is 2.28. The summed E-state index contributed by atoms with van der Waals surface area (Å²) in [5.74, 6) is 1.60. The van der Waals surface area contributed by atoms with E-state index in [0.29, 0.717) is 18.3 Å². The fourth-order valence-electron chi connectivity index (χ4n) is 3.11. The van der Waals surface area contributed by atoms with Crippen LogP contribution >= 0.6 is 0 Å². The number of rotatable bonds is 3. The van der Waals surface area contributed by atoms with Crippen LogP contribution in [0.3, 0.4) is 0 Å². The second-order valence-electron chi connectivity index (χ2n) is 6.17. The van der Waals surface area contributed by atoms with E-state index in [2.05, 4.69) is 24.9 Å². The van der Waals surface area contributed by atoms with Gasteiger partial charge in [-0.2, -0.15) is 0 Å². The number of aromatic nitrogens is 1. The van der Waals surface area contributed by atoms with Gasteiger partial charge in [-0.05, 0) is 29.9 Å². The summed E-state index contributed by atoms with van der Waals surface area (Å²) in [6.07, 6.45) is 3.63. The summed E-state index contributed by atoms with van der Waals surface area (Å²) in [4.78, 5) is 17.7. The summed E-state index contributed by atoms with van der Waals surface area (Å²) in [5.41, 5.74) is 2.22. The first kappa shape index (κ1) is 13.2. The molecule has 0 spiro atoms. The molecule has 1 fully saturated rings. The molecule has 1 amide bonds. The Morgan fingerprint density at radius 3 is 2.95 bits per heavy atom. The van der Waals surface area contributed by atoms with Crippen LogP contribution in [-0.4, -0.2) is 28.9 Å². The number of benzene rings is 1. The predicted octanol–water partition coefficient (Wildman–Crippen LogP) is 3.21. The summed E-state index contributed by atoms with van der Waals surface area (Å²) in [6.45, 7) is 6.35. The third-order valence-electron chi connectivity index (χ3n) is 4.54. The van der Waals surface area contributed by atoms with Gasteiger partial charge in [-0.25, -0.2) is 0 Å². The molecule has 0 saturated carbocycles. The van der Waals surface area contributed by atoms with Gasteiger partial charge >= 0.3 is 0 Å². The lowest BCUT2D eigenvalue weighted by Gasteiger charge is -2.18. The minimum absolute atomic E-state index is 0.262. The van der Waals surface area contributed by atoms with Crippen molar-refractivity contribution in [1.29, 1.82) is 0 Å². The van der Waals surface area contributed by atoms with Gasteiger partial charge in [0, 0.05) is 30.2 Å². The molecule has 1 aliphatic heterocycles. The minimum atomic E-state index is 0.262. The molecule has 1 unspecified atom stereocenters. The summed E-state index contributed by atoms with van der Waals surface area (Å²) in [6, 6.07) is 8.16. The zero-order valence-electron chi connectivity index (χ0n) is 12.2. The number of likely N-dealkylation sites (tertiary alicyclic amines) is 1. The van der Waals surface area contributed by atoms with Crippen molar-refractivity contribution in [1.82, 2.24) is 9.88 Å². The van der Waals surface area contributed by atoms with Gasteiger partial charge in [-0.15, -0.1) is 0 Å². The molecule has 2 aromatic rings. The zero-order valence-corrected chi connectivity index (χ0v) is 12.2. The van der Waals surface area contributed by atoms with Crippen molar-refractivity contribution in [3.63, 3.8) is 0 Å². The Bertz CT molecular complexity index is 614. The van der Waals surface area contributed by atoms with Gasteiger partial charge in [-0.3, -0.25) is 4.79 Å². The SMILES string of the molecule is CC(C)C1CCN(C(=O)Cc2c[nH]c3ccccc23)C1. The molecule has 0 aliphatic carbocycles. The second kappa shape index (κ2) is 5.31. The monoisotopic (exact) mass is 270 g/mol. The second-order valence-corrected chi connectivity index (χ2v) is 6.17. The molecular weight excluding hydrogens is 248 g/mol. The van der Waals surface area contributed by atoms with Crippen molar-refractivity contribution in [3.8, 4) is 0 Å². The van der Waals surface area contributed by atoms with Crippen LogP contribution in [0.1, 0.15) is 25.8 Å². The highest BCUT2D eigenvalue weighted by molar-refractivity contribution is 5.88. The number of nitrogens with one attached hydrogen (secondary N) is 1. The number of nitrogens with zero attached hydrogens (tertiary/aromatic N) is 1. The van der Waals surface area contributed by atoms with Crippen molar-refractivity contribution in [2.24, 2.45) is 11.8 Å². The fourth-order valence-corrected chi connectivity index (χ4v) is 3.11. The molecule has 1 saturated heterocycles. The standard InChI is InChI=1S/C17H22N2O/c1-12(2)13-7-8-19(11-13)17(20)9-14-10-18-16-6-4-3-5-15(14)16/h3-6,10,12-13,18H,7-9,11H2,1-2H3. The Morgan fingerprint density at radius 2 is 2.20 bits per heavy atom. The van der Waals surface area contributed by atoms with E-state index in [1.807, 2.05) is 29.3 Å². The first-order chi connectivity index (χ1) is 9.65. The third-order valence-corrected chi connectivity index (χ3v) is 4.54. The van der Waals surface area contributed by atoms with E-state index < -0.39 is 0 Å². The van der Waals surface area contributed by atoms with E-state index in [1.54, 1.807) is 0 Å². The van der Waals surface area contributed by atoms with Crippen LogP contribution in [-0.2, 0) is 11.2 Å². The minimum Gasteiger partial charge on any atom is -0.361 e. The molecule has 20 heavy (non-hydrogen) atoms. The largest absolute Gasteiger partial charge is 0.361 e. The van der Waals surface area contributed by atoms with E-state index in [0.717, 1.165) is 30.6 Å². The highest BCUT2D eigenvalue weighted by atomic mass is 16.2. The predicted molar refractivity (Wildman–Crippen MR) is 81.5 cm³/mol. The quantitative estimate of drug-likeness (QED) is 0.913. The van der Waals surface area contributed by atoms with E-state index in [-0.39, 0.29) is 5.91 Å². The van der Waals surface area contributed by atoms with Crippen LogP contribution < -0.4 is 0 Å². The lowest BCUT2D eigenvalue weighted by Crippen LogP contribution is -2.30. The van der Waals surface area contributed by atoms with Crippen molar-refractivity contribution < 1.29 is 4.79 Å². The molecule has 0 radical (unpaired) electrons. The summed E-state index contributed by atoms with van der Waals surface area (Å²) < 4.78 is 0. The number of H-pyrrole nitrogens is 1. The number of fused-ring (bicyclic) bond motifs is 1. The smallest absolute Gasteiger partial charge is 0.227 e. The highest BCUT2D eigenvalue weighted by Crippen LogP contribution is 2.25. The lowest BCUT2D eigenvalue weighted by atomic mass is 9.95. The van der Waals surface area contributed by atoms with Gasteiger partial charge in [-0.1, -0.05) is 32.0 Å². The van der Waals surface area contributed by atoms with Crippen LogP contribution in [0.2, 0.25) is 0 Å². The Labute approximate surface area is 120 Å². The normalized spacial score (nSPS) is 19.1. The van der Waals surface area contributed by atoms with Gasteiger partial charge in [0.15, 0.2) is 0 Å². The van der Waals surface area contributed by atoms with Gasteiger partial charge in [0.1, 0.15) is 0 Å². The number of hydrogen-bond acceptors (Lipinski definition) is 1.